The first kappa shape index (κ1) is 16.8. The Hall–Kier alpha value is -0.240. The van der Waals surface area contributed by atoms with Crippen molar-refractivity contribution in [2.45, 2.75) is 71.1 Å². The van der Waals surface area contributed by atoms with Crippen molar-refractivity contribution in [1.29, 1.82) is 0 Å². The van der Waals surface area contributed by atoms with Crippen molar-refractivity contribution in [1.82, 2.24) is 0 Å². The Morgan fingerprint density at radius 1 is 0.941 bits per heavy atom. The van der Waals surface area contributed by atoms with Gasteiger partial charge in [-0.25, -0.2) is 0 Å². The summed E-state index contributed by atoms with van der Waals surface area (Å²) in [5.41, 5.74) is 0. The largest absolute Gasteiger partial charge is 0.497 e. The molecule has 0 heterocycles. The highest BCUT2D eigenvalue weighted by molar-refractivity contribution is 6.27. The Bertz CT molecular complexity index is 179. The Kier molecular flexibility index (Phi) is 13.6. The van der Waals surface area contributed by atoms with Gasteiger partial charge in [-0.2, -0.15) is 4.39 Å². The molecule has 0 saturated heterocycles. The first-order chi connectivity index (χ1) is 8.27. The second-order valence-corrected chi connectivity index (χ2v) is 4.82. The summed E-state index contributed by atoms with van der Waals surface area (Å²) in [6.45, 7) is 2.81. The molecule has 0 aliphatic carbocycles. The Labute approximate surface area is 110 Å². The van der Waals surface area contributed by atoms with Crippen LogP contribution in [0.3, 0.4) is 0 Å². The fraction of sp³-hybridized carbons (Fsp3) is 0.857. The van der Waals surface area contributed by atoms with E-state index in [-0.39, 0.29) is 0 Å². The second kappa shape index (κ2) is 13.8. The maximum atomic E-state index is 12.0. The fourth-order valence-electron chi connectivity index (χ4n) is 1.79. The van der Waals surface area contributed by atoms with Crippen LogP contribution in [0.15, 0.2) is 11.5 Å². The maximum absolute atomic E-state index is 12.0. The number of halogens is 2. The third-order valence-electron chi connectivity index (χ3n) is 2.79. The SMILES string of the molecule is CCCCCCCCCCCCO/C=C(/F)Cl. The second-order valence-electron chi connectivity index (χ2n) is 4.46. The van der Waals surface area contributed by atoms with E-state index >= 15 is 0 Å². The number of hydrogen-bond acceptors (Lipinski definition) is 1. The molecule has 0 aromatic heterocycles. The molecule has 0 bridgehead atoms. The van der Waals surface area contributed by atoms with Crippen molar-refractivity contribution in [2.24, 2.45) is 0 Å². The summed E-state index contributed by atoms with van der Waals surface area (Å²) in [5, 5.41) is -0.780. The minimum Gasteiger partial charge on any atom is -0.497 e. The van der Waals surface area contributed by atoms with Gasteiger partial charge < -0.3 is 4.74 Å². The average Bonchev–Trinajstić information content (AvgIpc) is 2.30. The van der Waals surface area contributed by atoms with Crippen molar-refractivity contribution in [3.63, 3.8) is 0 Å². The van der Waals surface area contributed by atoms with Gasteiger partial charge in [0.1, 0.15) is 6.26 Å². The summed E-state index contributed by atoms with van der Waals surface area (Å²) in [7, 11) is 0. The lowest BCUT2D eigenvalue weighted by atomic mass is 10.1. The average molecular weight is 265 g/mol. The molecule has 0 rings (SSSR count). The van der Waals surface area contributed by atoms with Crippen molar-refractivity contribution in [3.05, 3.63) is 11.5 Å². The molecule has 0 fully saturated rings. The van der Waals surface area contributed by atoms with Crippen LogP contribution in [0.5, 0.6) is 0 Å². The molecule has 102 valence electrons. The Morgan fingerprint density at radius 3 is 1.88 bits per heavy atom. The maximum Gasteiger partial charge on any atom is 0.223 e. The van der Waals surface area contributed by atoms with Crippen molar-refractivity contribution in [3.8, 4) is 0 Å². The highest BCUT2D eigenvalue weighted by Gasteiger charge is 1.93. The van der Waals surface area contributed by atoms with Crippen LogP contribution in [0.4, 0.5) is 4.39 Å². The van der Waals surface area contributed by atoms with Gasteiger partial charge >= 0.3 is 0 Å². The third kappa shape index (κ3) is 15.8. The van der Waals surface area contributed by atoms with E-state index in [9.17, 15) is 4.39 Å². The summed E-state index contributed by atoms with van der Waals surface area (Å²) in [6.07, 6.45) is 13.9. The Balaban J connectivity index is 2.96. The molecule has 0 aromatic rings. The van der Waals surface area contributed by atoms with Gasteiger partial charge in [-0.1, -0.05) is 64.7 Å². The molecule has 0 unspecified atom stereocenters. The van der Waals surface area contributed by atoms with Crippen LogP contribution in [-0.2, 0) is 4.74 Å². The molecule has 0 amide bonds. The van der Waals surface area contributed by atoms with E-state index < -0.39 is 5.29 Å². The van der Waals surface area contributed by atoms with Crippen LogP contribution >= 0.6 is 11.6 Å². The minimum absolute atomic E-state index is 0.566. The standard InChI is InChI=1S/C14H26ClFO/c1-2-3-4-5-6-7-8-9-10-11-12-17-13-14(15)16/h13H,2-12H2,1H3/b14-13+. The lowest BCUT2D eigenvalue weighted by Crippen LogP contribution is -1.88. The smallest absolute Gasteiger partial charge is 0.223 e. The van der Waals surface area contributed by atoms with E-state index in [0.29, 0.717) is 6.61 Å². The van der Waals surface area contributed by atoms with Crippen LogP contribution < -0.4 is 0 Å². The van der Waals surface area contributed by atoms with Crippen molar-refractivity contribution < 1.29 is 9.13 Å². The fourth-order valence-corrected chi connectivity index (χ4v) is 1.86. The molecule has 0 radical (unpaired) electrons. The van der Waals surface area contributed by atoms with Gasteiger partial charge in [0, 0.05) is 0 Å². The Morgan fingerprint density at radius 2 is 1.41 bits per heavy atom. The van der Waals surface area contributed by atoms with Crippen LogP contribution in [0.25, 0.3) is 0 Å². The van der Waals surface area contributed by atoms with Gasteiger partial charge in [0.05, 0.1) is 6.61 Å². The zero-order chi connectivity index (χ0) is 12.8. The molecule has 0 spiro atoms. The van der Waals surface area contributed by atoms with Gasteiger partial charge in [-0.3, -0.25) is 0 Å². The van der Waals surface area contributed by atoms with Gasteiger partial charge in [0.2, 0.25) is 5.29 Å². The number of ether oxygens (including phenoxy) is 1. The highest BCUT2D eigenvalue weighted by atomic mass is 35.5. The van der Waals surface area contributed by atoms with Gasteiger partial charge in [-0.05, 0) is 18.0 Å². The van der Waals surface area contributed by atoms with Gasteiger partial charge in [0.25, 0.3) is 0 Å². The van der Waals surface area contributed by atoms with Crippen molar-refractivity contribution >= 4 is 11.6 Å². The quantitative estimate of drug-likeness (QED) is 0.313. The third-order valence-corrected chi connectivity index (χ3v) is 2.88. The molecule has 0 aliphatic rings. The van der Waals surface area contributed by atoms with Crippen LogP contribution in [-0.4, -0.2) is 6.61 Å². The van der Waals surface area contributed by atoms with Gasteiger partial charge in [-0.15, -0.1) is 0 Å². The molecule has 0 saturated carbocycles. The minimum atomic E-state index is -0.780. The summed E-state index contributed by atoms with van der Waals surface area (Å²) < 4.78 is 16.9. The normalized spacial score (nSPS) is 11.8. The summed E-state index contributed by atoms with van der Waals surface area (Å²) >= 11 is 4.98. The molecule has 0 aromatic carbocycles. The lowest BCUT2D eigenvalue weighted by molar-refractivity contribution is 0.234. The van der Waals surface area contributed by atoms with E-state index in [1.165, 1.54) is 51.4 Å². The number of rotatable bonds is 12. The predicted molar refractivity (Wildman–Crippen MR) is 72.8 cm³/mol. The summed E-state index contributed by atoms with van der Waals surface area (Å²) in [4.78, 5) is 0. The molecule has 17 heavy (non-hydrogen) atoms. The first-order valence-electron chi connectivity index (χ1n) is 6.90. The van der Waals surface area contributed by atoms with E-state index in [1.54, 1.807) is 0 Å². The van der Waals surface area contributed by atoms with Crippen LogP contribution in [0.2, 0.25) is 0 Å². The van der Waals surface area contributed by atoms with Crippen LogP contribution in [0, 0.1) is 0 Å². The first-order valence-corrected chi connectivity index (χ1v) is 7.28. The molecule has 3 heteroatoms. The molecular weight excluding hydrogens is 239 g/mol. The zero-order valence-electron chi connectivity index (χ0n) is 11.0. The van der Waals surface area contributed by atoms with E-state index in [2.05, 4.69) is 6.92 Å². The monoisotopic (exact) mass is 264 g/mol. The van der Waals surface area contributed by atoms with E-state index in [4.69, 9.17) is 16.3 Å². The lowest BCUT2D eigenvalue weighted by Gasteiger charge is -2.02. The highest BCUT2D eigenvalue weighted by Crippen LogP contribution is 2.10. The molecule has 0 atom stereocenters. The molecule has 0 N–H and O–H groups in total. The summed E-state index contributed by atoms with van der Waals surface area (Å²) in [5.74, 6) is 0. The van der Waals surface area contributed by atoms with Gasteiger partial charge in [0.15, 0.2) is 0 Å². The molecule has 0 aliphatic heterocycles. The number of unbranched alkanes of at least 4 members (excludes halogenated alkanes) is 9. The van der Waals surface area contributed by atoms with Crippen LogP contribution in [0.1, 0.15) is 71.1 Å². The molecular formula is C14H26ClFO. The summed E-state index contributed by atoms with van der Waals surface area (Å²) in [6, 6.07) is 0. The zero-order valence-corrected chi connectivity index (χ0v) is 11.8. The predicted octanol–water partition coefficient (Wildman–Crippen LogP) is 5.93. The topological polar surface area (TPSA) is 9.23 Å². The van der Waals surface area contributed by atoms with E-state index in [0.717, 1.165) is 19.1 Å². The number of hydrogen-bond donors (Lipinski definition) is 0. The van der Waals surface area contributed by atoms with E-state index in [1.807, 2.05) is 0 Å². The molecule has 1 nitrogen and oxygen atoms in total. The van der Waals surface area contributed by atoms with Crippen molar-refractivity contribution in [2.75, 3.05) is 6.61 Å².